The second kappa shape index (κ2) is 5.11. The number of likely N-dealkylation sites (tertiary alicyclic amines) is 1. The predicted molar refractivity (Wildman–Crippen MR) is 70.8 cm³/mol. The molecule has 2 fully saturated rings. The molecule has 0 saturated carbocycles. The molecule has 20 heavy (non-hydrogen) atoms. The lowest BCUT2D eigenvalue weighted by atomic mass is 10.0. The summed E-state index contributed by atoms with van der Waals surface area (Å²) in [7, 11) is 1.61. The lowest BCUT2D eigenvalue weighted by Crippen LogP contribution is -2.46. The van der Waals surface area contributed by atoms with Crippen LogP contribution in [0.1, 0.15) is 24.5 Å². The molecule has 0 aromatic carbocycles. The number of carbonyl (C=O) groups excluding carboxylic acids is 2. The van der Waals surface area contributed by atoms with Crippen molar-refractivity contribution in [2.45, 2.75) is 25.0 Å². The molecule has 1 aromatic heterocycles. The number of ether oxygens (including phenoxy) is 1. The van der Waals surface area contributed by atoms with Crippen LogP contribution in [0.3, 0.4) is 0 Å². The van der Waals surface area contributed by atoms with E-state index in [2.05, 4.69) is 4.98 Å². The molecular formula is C14H17N3O3. The highest BCUT2D eigenvalue weighted by atomic mass is 16.6. The summed E-state index contributed by atoms with van der Waals surface area (Å²) in [5.41, 5.74) is 0.801. The Morgan fingerprint density at radius 1 is 1.30 bits per heavy atom. The van der Waals surface area contributed by atoms with E-state index in [4.69, 9.17) is 4.74 Å². The average Bonchev–Trinajstić information content (AvgIpc) is 3.09. The number of cyclic esters (lactones) is 1. The first-order valence-corrected chi connectivity index (χ1v) is 6.80. The van der Waals surface area contributed by atoms with Crippen molar-refractivity contribution in [1.29, 1.82) is 0 Å². The quantitative estimate of drug-likeness (QED) is 0.813. The predicted octanol–water partition coefficient (Wildman–Crippen LogP) is 1.20. The van der Waals surface area contributed by atoms with Crippen LogP contribution < -0.4 is 0 Å². The molecule has 6 heteroatoms. The monoisotopic (exact) mass is 275 g/mol. The summed E-state index contributed by atoms with van der Waals surface area (Å²) in [4.78, 5) is 31.6. The Bertz CT molecular complexity index is 514. The molecule has 2 amide bonds. The molecule has 1 aromatic rings. The van der Waals surface area contributed by atoms with Gasteiger partial charge in [-0.15, -0.1) is 0 Å². The first-order valence-electron chi connectivity index (χ1n) is 6.80. The average molecular weight is 275 g/mol. The van der Waals surface area contributed by atoms with Crippen molar-refractivity contribution in [3.63, 3.8) is 0 Å². The van der Waals surface area contributed by atoms with Gasteiger partial charge in [-0.3, -0.25) is 14.7 Å². The van der Waals surface area contributed by atoms with Crippen LogP contribution in [0.4, 0.5) is 4.79 Å². The first kappa shape index (κ1) is 12.9. The summed E-state index contributed by atoms with van der Waals surface area (Å²) in [5, 5.41) is 0. The number of rotatable bonds is 2. The Balaban J connectivity index is 1.88. The Labute approximate surface area is 117 Å². The van der Waals surface area contributed by atoms with E-state index in [9.17, 15) is 9.59 Å². The summed E-state index contributed by atoms with van der Waals surface area (Å²) in [6, 6.07) is 2.98. The maximum Gasteiger partial charge on any atom is 0.411 e. The highest BCUT2D eigenvalue weighted by Crippen LogP contribution is 2.33. The van der Waals surface area contributed by atoms with Crippen LogP contribution in [0.15, 0.2) is 24.5 Å². The molecule has 0 spiro atoms. The molecule has 3 heterocycles. The number of carbonyl (C=O) groups is 2. The summed E-state index contributed by atoms with van der Waals surface area (Å²) >= 11 is 0. The first-order chi connectivity index (χ1) is 9.68. The number of hydrogen-bond acceptors (Lipinski definition) is 4. The lowest BCUT2D eigenvalue weighted by Gasteiger charge is -2.25. The molecule has 2 saturated heterocycles. The molecule has 0 aliphatic carbocycles. The molecule has 1 unspecified atom stereocenters. The highest BCUT2D eigenvalue weighted by Gasteiger charge is 2.46. The molecule has 2 aliphatic heterocycles. The van der Waals surface area contributed by atoms with Gasteiger partial charge >= 0.3 is 6.09 Å². The van der Waals surface area contributed by atoms with Gasteiger partial charge in [0, 0.05) is 32.5 Å². The van der Waals surface area contributed by atoms with Crippen LogP contribution in [0.2, 0.25) is 0 Å². The SMILES string of the molecule is CN1C(=O)O[C@@H](c2ccncc2)C1C(=O)N1CCCC1. The van der Waals surface area contributed by atoms with E-state index in [1.165, 1.54) is 4.90 Å². The molecule has 0 bridgehead atoms. The second-order valence-electron chi connectivity index (χ2n) is 5.17. The van der Waals surface area contributed by atoms with Gasteiger partial charge in [-0.1, -0.05) is 0 Å². The van der Waals surface area contributed by atoms with E-state index < -0.39 is 18.2 Å². The minimum Gasteiger partial charge on any atom is -0.438 e. The summed E-state index contributed by atoms with van der Waals surface area (Å²) in [6.45, 7) is 1.53. The second-order valence-corrected chi connectivity index (χ2v) is 5.17. The summed E-state index contributed by atoms with van der Waals surface area (Å²) < 4.78 is 5.36. The fourth-order valence-electron chi connectivity index (χ4n) is 2.80. The van der Waals surface area contributed by atoms with E-state index in [0.717, 1.165) is 31.5 Å². The van der Waals surface area contributed by atoms with Gasteiger partial charge < -0.3 is 9.64 Å². The lowest BCUT2D eigenvalue weighted by molar-refractivity contribution is -0.135. The van der Waals surface area contributed by atoms with E-state index >= 15 is 0 Å². The van der Waals surface area contributed by atoms with E-state index in [1.54, 1.807) is 31.6 Å². The Hall–Kier alpha value is -2.11. The minimum atomic E-state index is -0.581. The summed E-state index contributed by atoms with van der Waals surface area (Å²) in [5.74, 6) is -0.0299. The zero-order valence-corrected chi connectivity index (χ0v) is 11.4. The molecule has 0 N–H and O–H groups in total. The van der Waals surface area contributed by atoms with Crippen LogP contribution in [-0.2, 0) is 9.53 Å². The van der Waals surface area contributed by atoms with Gasteiger partial charge in [0.15, 0.2) is 12.1 Å². The normalized spacial score (nSPS) is 25.9. The molecule has 106 valence electrons. The van der Waals surface area contributed by atoms with Crippen molar-refractivity contribution in [1.82, 2.24) is 14.8 Å². The van der Waals surface area contributed by atoms with E-state index in [0.29, 0.717) is 0 Å². The fourth-order valence-corrected chi connectivity index (χ4v) is 2.80. The molecular weight excluding hydrogens is 258 g/mol. The van der Waals surface area contributed by atoms with Crippen molar-refractivity contribution < 1.29 is 14.3 Å². The van der Waals surface area contributed by atoms with Gasteiger partial charge in [-0.2, -0.15) is 0 Å². The van der Waals surface area contributed by atoms with Crippen LogP contribution in [0.25, 0.3) is 0 Å². The highest BCUT2D eigenvalue weighted by molar-refractivity contribution is 5.89. The molecule has 6 nitrogen and oxygen atoms in total. The number of aromatic nitrogens is 1. The molecule has 2 aliphatic rings. The zero-order valence-electron chi connectivity index (χ0n) is 11.4. The fraction of sp³-hybridized carbons (Fsp3) is 0.500. The van der Waals surface area contributed by atoms with Gasteiger partial charge in [0.25, 0.3) is 0 Å². The number of pyridine rings is 1. The third-order valence-corrected chi connectivity index (χ3v) is 3.93. The van der Waals surface area contributed by atoms with Crippen LogP contribution in [0, 0.1) is 0 Å². The Morgan fingerprint density at radius 3 is 2.60 bits per heavy atom. The number of amides is 2. The standard InChI is InChI=1S/C14H17N3O3/c1-16-11(13(18)17-8-2-3-9-17)12(20-14(16)19)10-4-6-15-7-5-10/h4-7,11-12H,2-3,8-9H2,1H3/t11?,12-/m0/s1. The van der Waals surface area contributed by atoms with E-state index in [1.807, 2.05) is 4.90 Å². The number of likely N-dealkylation sites (N-methyl/N-ethyl adjacent to an activating group) is 1. The molecule has 3 rings (SSSR count). The Morgan fingerprint density at radius 2 is 1.95 bits per heavy atom. The number of hydrogen-bond donors (Lipinski definition) is 0. The molecule has 2 atom stereocenters. The third-order valence-electron chi connectivity index (χ3n) is 3.93. The van der Waals surface area contributed by atoms with Crippen molar-refractivity contribution in [2.24, 2.45) is 0 Å². The van der Waals surface area contributed by atoms with Gasteiger partial charge in [-0.25, -0.2) is 4.79 Å². The van der Waals surface area contributed by atoms with Gasteiger partial charge in [-0.05, 0) is 30.5 Å². The Kier molecular flexibility index (Phi) is 3.30. The van der Waals surface area contributed by atoms with E-state index in [-0.39, 0.29) is 5.91 Å². The van der Waals surface area contributed by atoms with Crippen molar-refractivity contribution in [3.8, 4) is 0 Å². The largest absolute Gasteiger partial charge is 0.438 e. The smallest absolute Gasteiger partial charge is 0.411 e. The van der Waals surface area contributed by atoms with Crippen molar-refractivity contribution in [2.75, 3.05) is 20.1 Å². The van der Waals surface area contributed by atoms with Gasteiger partial charge in [0.05, 0.1) is 0 Å². The van der Waals surface area contributed by atoms with Crippen LogP contribution in [0.5, 0.6) is 0 Å². The summed E-state index contributed by atoms with van der Waals surface area (Å²) in [6.07, 6.45) is 4.32. The van der Waals surface area contributed by atoms with Crippen LogP contribution >= 0.6 is 0 Å². The van der Waals surface area contributed by atoms with Gasteiger partial charge in [0.1, 0.15) is 0 Å². The van der Waals surface area contributed by atoms with Gasteiger partial charge in [0.2, 0.25) is 5.91 Å². The van der Waals surface area contributed by atoms with Crippen molar-refractivity contribution in [3.05, 3.63) is 30.1 Å². The zero-order chi connectivity index (χ0) is 14.1. The van der Waals surface area contributed by atoms with Crippen LogP contribution in [-0.4, -0.2) is 53.0 Å². The topological polar surface area (TPSA) is 62.7 Å². The third kappa shape index (κ3) is 2.11. The van der Waals surface area contributed by atoms with Crippen molar-refractivity contribution >= 4 is 12.0 Å². The maximum atomic E-state index is 12.6. The molecule has 0 radical (unpaired) electrons. The maximum absolute atomic E-state index is 12.6. The number of nitrogens with zero attached hydrogens (tertiary/aromatic N) is 3. The minimum absolute atomic E-state index is 0.0299.